The molecule has 0 heterocycles. The third-order valence-electron chi connectivity index (χ3n) is 0.167. The smallest absolute Gasteiger partial charge is 0.543 e. The molecule has 0 saturated carbocycles. The molecule has 0 amide bonds. The summed E-state index contributed by atoms with van der Waals surface area (Å²) in [7, 11) is 0. The van der Waals surface area contributed by atoms with E-state index in [2.05, 4.69) is 0 Å². The van der Waals surface area contributed by atoms with Crippen molar-refractivity contribution < 1.29 is 136 Å². The molecule has 0 atom stereocenters. The predicted molar refractivity (Wildman–Crippen MR) is 10.0 cm³/mol. The van der Waals surface area contributed by atoms with Crippen LogP contribution in [0.1, 0.15) is 0 Å². The number of hydrogen-bond acceptors (Lipinski definition) is 4. The van der Waals surface area contributed by atoms with Crippen molar-refractivity contribution in [3.05, 3.63) is 0 Å². The first kappa shape index (κ1) is 16.9. The van der Waals surface area contributed by atoms with Gasteiger partial charge >= 0.3 is 116 Å². The molecule has 0 spiro atoms. The Labute approximate surface area is 144 Å². The average Bonchev–Trinajstić information content (AvgIpc) is 1.36. The number of carbonyl (C=O) groups excluding carboxylic acids is 2. The third kappa shape index (κ3) is 11.4. The van der Waals surface area contributed by atoms with Gasteiger partial charge in [-0.25, -0.2) is 0 Å². The molecule has 0 aromatic rings. The molecule has 6 heteroatoms. The van der Waals surface area contributed by atoms with Gasteiger partial charge in [-0.3, -0.25) is 0 Å². The second kappa shape index (κ2) is 9.55. The van der Waals surface area contributed by atoms with E-state index in [1.165, 1.54) is 0 Å². The van der Waals surface area contributed by atoms with Crippen molar-refractivity contribution in [1.29, 1.82) is 0 Å². The molecule has 0 bridgehead atoms. The van der Waals surface area contributed by atoms with Crippen LogP contribution in [-0.4, -0.2) is 11.9 Å². The van der Waals surface area contributed by atoms with E-state index in [1.54, 1.807) is 0 Å². The van der Waals surface area contributed by atoms with Gasteiger partial charge in [-0.15, -0.1) is 0 Å². The van der Waals surface area contributed by atoms with Crippen LogP contribution >= 0.6 is 0 Å². The topological polar surface area (TPSA) is 80.3 Å². The molecule has 4 nitrogen and oxygen atoms in total. The second-order valence-corrected chi connectivity index (χ2v) is 0.575. The van der Waals surface area contributed by atoms with Gasteiger partial charge in [0.25, 0.3) is 0 Å². The van der Waals surface area contributed by atoms with Gasteiger partial charge in [-0.1, -0.05) is 0 Å². The minimum absolute atomic E-state index is 0. The van der Waals surface area contributed by atoms with Gasteiger partial charge in [-0.2, -0.15) is 0 Å². The molecule has 0 radical (unpaired) electrons. The standard InChI is InChI=1S/C2H2O4.2Rb/c3-1(4)2(5)6;;/h(H,3,4)(H,5,6);;/q;2*+1/p-2. The molecule has 8 heavy (non-hydrogen) atoms. The van der Waals surface area contributed by atoms with E-state index in [0.717, 1.165) is 0 Å². The molecule has 0 unspecified atom stereocenters. The van der Waals surface area contributed by atoms with Gasteiger partial charge in [0, 0.05) is 0 Å². The van der Waals surface area contributed by atoms with Crippen LogP contribution in [0.3, 0.4) is 0 Å². The van der Waals surface area contributed by atoms with E-state index in [4.69, 9.17) is 19.8 Å². The Morgan fingerprint density at radius 3 is 1.00 bits per heavy atom. The van der Waals surface area contributed by atoms with Crippen LogP contribution in [0, 0.1) is 0 Å². The summed E-state index contributed by atoms with van der Waals surface area (Å²) >= 11 is 0. The molecule has 0 aromatic carbocycles. The number of carboxylic acids is 2. The van der Waals surface area contributed by atoms with E-state index in [9.17, 15) is 0 Å². The van der Waals surface area contributed by atoms with Crippen LogP contribution in [0.4, 0.5) is 0 Å². The van der Waals surface area contributed by atoms with Crippen LogP contribution in [-0.2, 0) is 9.59 Å². The van der Waals surface area contributed by atoms with Crippen LogP contribution < -0.4 is 127 Å². The van der Waals surface area contributed by atoms with Gasteiger partial charge in [0.2, 0.25) is 0 Å². The zero-order valence-corrected chi connectivity index (χ0v) is 14.5. The van der Waals surface area contributed by atoms with E-state index in [0.29, 0.717) is 0 Å². The number of hydrogen-bond donors (Lipinski definition) is 0. The maximum Gasteiger partial charge on any atom is 1.00 e. The van der Waals surface area contributed by atoms with Gasteiger partial charge in [0.1, 0.15) is 0 Å². The van der Waals surface area contributed by atoms with Gasteiger partial charge in [-0.05, 0) is 0 Å². The van der Waals surface area contributed by atoms with Crippen LogP contribution in [0.15, 0.2) is 0 Å². The van der Waals surface area contributed by atoms with E-state index < -0.39 is 11.9 Å². The van der Waals surface area contributed by atoms with Crippen LogP contribution in [0.2, 0.25) is 0 Å². The summed E-state index contributed by atoms with van der Waals surface area (Å²) in [6.45, 7) is 0. The third-order valence-corrected chi connectivity index (χ3v) is 0.167. The fourth-order valence-electron chi connectivity index (χ4n) is 0. The zero-order valence-electron chi connectivity index (χ0n) is 4.63. The molecular formula is C2O4Rb2. The molecule has 0 fully saturated rings. The minimum atomic E-state index is -2.19. The first-order valence-electron chi connectivity index (χ1n) is 1.07. The Balaban J connectivity index is -0.000000125. The second-order valence-electron chi connectivity index (χ2n) is 0.575. The van der Waals surface area contributed by atoms with Crippen molar-refractivity contribution in [3.8, 4) is 0 Å². The van der Waals surface area contributed by atoms with E-state index in [1.807, 2.05) is 0 Å². The molecule has 0 N–H and O–H groups in total. The molecule has 0 aliphatic carbocycles. The van der Waals surface area contributed by atoms with Crippen molar-refractivity contribution >= 4 is 11.9 Å². The van der Waals surface area contributed by atoms with Crippen molar-refractivity contribution in [1.82, 2.24) is 0 Å². The molecule has 34 valence electrons. The van der Waals surface area contributed by atoms with Crippen molar-refractivity contribution in [3.63, 3.8) is 0 Å². The van der Waals surface area contributed by atoms with Gasteiger partial charge < -0.3 is 19.8 Å². The predicted octanol–water partition coefficient (Wildman–Crippen LogP) is -9.51. The Kier molecular flexibility index (Phi) is 20.2. The summed E-state index contributed by atoms with van der Waals surface area (Å²) in [6.07, 6.45) is 0. The fraction of sp³-hybridized carbons (Fsp3) is 0. The Hall–Kier alpha value is 2.55. The first-order chi connectivity index (χ1) is 2.64. The van der Waals surface area contributed by atoms with E-state index in [-0.39, 0.29) is 116 Å². The SMILES string of the molecule is O=C([O-])C(=O)[O-].[Rb+].[Rb+]. The number of aliphatic carboxylic acids is 2. The summed E-state index contributed by atoms with van der Waals surface area (Å²) < 4.78 is 0. The van der Waals surface area contributed by atoms with Crippen molar-refractivity contribution in [2.45, 2.75) is 0 Å². The number of carboxylic acid groups (broad SMARTS) is 2. The normalized spacial score (nSPS) is 5.50. The Morgan fingerprint density at radius 1 is 0.875 bits per heavy atom. The summed E-state index contributed by atoms with van der Waals surface area (Å²) in [6, 6.07) is 0. The quantitative estimate of drug-likeness (QED) is 0.404. The summed E-state index contributed by atoms with van der Waals surface area (Å²) in [5.41, 5.74) is 0. The van der Waals surface area contributed by atoms with Crippen LogP contribution in [0.5, 0.6) is 0 Å². The zero-order chi connectivity index (χ0) is 5.15. The van der Waals surface area contributed by atoms with Gasteiger partial charge in [0.15, 0.2) is 0 Å². The Morgan fingerprint density at radius 2 is 1.00 bits per heavy atom. The summed E-state index contributed by atoms with van der Waals surface area (Å²) in [4.78, 5) is 17.9. The first-order valence-corrected chi connectivity index (χ1v) is 1.07. The Bertz CT molecular complexity index is 78.0. The van der Waals surface area contributed by atoms with E-state index >= 15 is 0 Å². The van der Waals surface area contributed by atoms with Crippen molar-refractivity contribution in [2.75, 3.05) is 0 Å². The molecule has 0 rings (SSSR count). The molecule has 0 saturated heterocycles. The van der Waals surface area contributed by atoms with Gasteiger partial charge in [0.05, 0.1) is 11.9 Å². The molecule has 0 aliphatic heterocycles. The fourth-order valence-corrected chi connectivity index (χ4v) is 0. The maximum atomic E-state index is 8.93. The molecular weight excluding hydrogens is 259 g/mol. The van der Waals surface area contributed by atoms with Crippen molar-refractivity contribution in [2.24, 2.45) is 0 Å². The summed E-state index contributed by atoms with van der Waals surface area (Å²) in [5, 5.41) is 17.9. The molecule has 0 aromatic heterocycles. The average molecular weight is 259 g/mol. The summed E-state index contributed by atoms with van der Waals surface area (Å²) in [5.74, 6) is -4.37. The van der Waals surface area contributed by atoms with Crippen LogP contribution in [0.25, 0.3) is 0 Å². The monoisotopic (exact) mass is 258 g/mol. The maximum absolute atomic E-state index is 8.93. The molecule has 0 aliphatic rings. The minimum Gasteiger partial charge on any atom is -0.543 e. The number of rotatable bonds is 0. The number of carbonyl (C=O) groups is 2. The largest absolute Gasteiger partial charge is 1.00 e.